The lowest BCUT2D eigenvalue weighted by atomic mass is 10.1. The first-order chi connectivity index (χ1) is 10.1. The Kier molecular flexibility index (Phi) is 4.72. The highest BCUT2D eigenvalue weighted by Gasteiger charge is 2.12. The fraction of sp³-hybridized carbons (Fsp3) is 0.176. The van der Waals surface area contributed by atoms with E-state index in [9.17, 15) is 9.59 Å². The monoisotopic (exact) mass is 282 g/mol. The van der Waals surface area contributed by atoms with Gasteiger partial charge in [-0.05, 0) is 37.1 Å². The minimum Gasteiger partial charge on any atom is -0.326 e. The molecule has 0 saturated heterocycles. The third-order valence-corrected chi connectivity index (χ3v) is 3.12. The average Bonchev–Trinajstić information content (AvgIpc) is 2.44. The van der Waals surface area contributed by atoms with Gasteiger partial charge in [-0.25, -0.2) is 0 Å². The molecule has 0 aromatic heterocycles. The number of amides is 2. The number of carbonyl (C=O) groups is 2. The second-order valence-corrected chi connectivity index (χ2v) is 4.91. The molecule has 4 nitrogen and oxygen atoms in total. The summed E-state index contributed by atoms with van der Waals surface area (Å²) in [7, 11) is 0. The third-order valence-electron chi connectivity index (χ3n) is 3.12. The van der Waals surface area contributed by atoms with Gasteiger partial charge in [0.05, 0.1) is 0 Å². The van der Waals surface area contributed by atoms with E-state index in [1.807, 2.05) is 50.2 Å². The molecule has 21 heavy (non-hydrogen) atoms. The number of rotatable bonds is 4. The maximum atomic E-state index is 11.9. The lowest BCUT2D eigenvalue weighted by Gasteiger charge is -2.11. The van der Waals surface area contributed by atoms with Gasteiger partial charge in [-0.2, -0.15) is 0 Å². The van der Waals surface area contributed by atoms with E-state index in [0.29, 0.717) is 5.69 Å². The van der Waals surface area contributed by atoms with E-state index in [1.165, 1.54) is 0 Å². The number of hydrogen-bond acceptors (Lipinski definition) is 2. The van der Waals surface area contributed by atoms with Crippen molar-refractivity contribution >= 4 is 23.2 Å². The fourth-order valence-electron chi connectivity index (χ4n) is 2.07. The summed E-state index contributed by atoms with van der Waals surface area (Å²) in [6.45, 7) is 3.85. The molecule has 0 spiro atoms. The first-order valence-corrected chi connectivity index (χ1v) is 6.77. The highest BCUT2D eigenvalue weighted by atomic mass is 16.2. The molecule has 0 atom stereocenters. The molecule has 0 aliphatic heterocycles. The van der Waals surface area contributed by atoms with Crippen molar-refractivity contribution in [3.05, 3.63) is 59.7 Å². The van der Waals surface area contributed by atoms with Crippen molar-refractivity contribution in [1.29, 1.82) is 0 Å². The van der Waals surface area contributed by atoms with Crippen molar-refractivity contribution in [2.24, 2.45) is 0 Å². The normalized spacial score (nSPS) is 10.0. The predicted octanol–water partition coefficient (Wildman–Crippen LogP) is 3.27. The number of hydrogen-bond donors (Lipinski definition) is 2. The zero-order valence-electron chi connectivity index (χ0n) is 12.1. The molecule has 4 heteroatoms. The van der Waals surface area contributed by atoms with Gasteiger partial charge in [0, 0.05) is 11.4 Å². The van der Waals surface area contributed by atoms with Crippen molar-refractivity contribution in [2.75, 3.05) is 10.6 Å². The van der Waals surface area contributed by atoms with Gasteiger partial charge in [0.2, 0.25) is 11.8 Å². The topological polar surface area (TPSA) is 58.2 Å². The molecule has 0 aliphatic rings. The molecular weight excluding hydrogens is 264 g/mol. The van der Waals surface area contributed by atoms with Gasteiger partial charge in [0.25, 0.3) is 0 Å². The number of nitrogens with one attached hydrogen (secondary N) is 2. The lowest BCUT2D eigenvalue weighted by Crippen LogP contribution is -2.22. The highest BCUT2D eigenvalue weighted by Crippen LogP contribution is 2.19. The van der Waals surface area contributed by atoms with Crippen molar-refractivity contribution in [2.45, 2.75) is 20.3 Å². The second-order valence-electron chi connectivity index (χ2n) is 4.91. The molecule has 2 N–H and O–H groups in total. The zero-order chi connectivity index (χ0) is 15.2. The molecule has 108 valence electrons. The summed E-state index contributed by atoms with van der Waals surface area (Å²) >= 11 is 0. The number of carbonyl (C=O) groups excluding carboxylic acids is 2. The Morgan fingerprint density at radius 1 is 0.810 bits per heavy atom. The van der Waals surface area contributed by atoms with Crippen molar-refractivity contribution in [3.63, 3.8) is 0 Å². The zero-order valence-corrected chi connectivity index (χ0v) is 12.1. The minimum absolute atomic E-state index is 0.206. The van der Waals surface area contributed by atoms with Crippen LogP contribution in [0.2, 0.25) is 0 Å². The predicted molar refractivity (Wildman–Crippen MR) is 84.2 cm³/mol. The van der Waals surface area contributed by atoms with Crippen LogP contribution in [-0.2, 0) is 9.59 Å². The lowest BCUT2D eigenvalue weighted by molar-refractivity contribution is -0.123. The van der Waals surface area contributed by atoms with E-state index in [-0.39, 0.29) is 18.2 Å². The summed E-state index contributed by atoms with van der Waals surface area (Å²) in [4.78, 5) is 23.8. The van der Waals surface area contributed by atoms with Gasteiger partial charge in [-0.3, -0.25) is 9.59 Å². The van der Waals surface area contributed by atoms with Crippen LogP contribution in [0.25, 0.3) is 0 Å². The Hall–Kier alpha value is -2.62. The Bertz CT molecular complexity index is 631. The number of anilines is 2. The second kappa shape index (κ2) is 6.70. The molecule has 2 amide bonds. The Labute approximate surface area is 124 Å². The summed E-state index contributed by atoms with van der Waals surface area (Å²) in [5, 5.41) is 5.48. The van der Waals surface area contributed by atoms with E-state index in [0.717, 1.165) is 16.8 Å². The van der Waals surface area contributed by atoms with Gasteiger partial charge < -0.3 is 10.6 Å². The summed E-state index contributed by atoms with van der Waals surface area (Å²) in [5.41, 5.74) is 3.41. The van der Waals surface area contributed by atoms with Crippen LogP contribution in [0, 0.1) is 13.8 Å². The first-order valence-electron chi connectivity index (χ1n) is 6.77. The van der Waals surface area contributed by atoms with Crippen LogP contribution in [0.3, 0.4) is 0 Å². The molecule has 0 unspecified atom stereocenters. The van der Waals surface area contributed by atoms with Crippen molar-refractivity contribution < 1.29 is 9.59 Å². The smallest absolute Gasteiger partial charge is 0.233 e. The van der Waals surface area contributed by atoms with E-state index in [2.05, 4.69) is 10.6 Å². The molecule has 2 aromatic rings. The summed E-state index contributed by atoms with van der Waals surface area (Å²) in [6.07, 6.45) is -0.206. The molecule has 0 fully saturated rings. The van der Waals surface area contributed by atoms with Crippen LogP contribution in [0.1, 0.15) is 17.5 Å². The fourth-order valence-corrected chi connectivity index (χ4v) is 2.07. The maximum absolute atomic E-state index is 11.9. The average molecular weight is 282 g/mol. The summed E-state index contributed by atoms with van der Waals surface area (Å²) in [5.74, 6) is -0.647. The van der Waals surface area contributed by atoms with Gasteiger partial charge in [-0.15, -0.1) is 0 Å². The largest absolute Gasteiger partial charge is 0.326 e. The first kappa shape index (κ1) is 14.8. The van der Waals surface area contributed by atoms with Gasteiger partial charge in [-0.1, -0.05) is 36.4 Å². The van der Waals surface area contributed by atoms with Crippen LogP contribution in [0.4, 0.5) is 11.4 Å². The standard InChI is InChI=1S/C17H18N2O2/c1-12-7-6-8-13(2)17(12)19-16(21)11-15(20)18-14-9-4-3-5-10-14/h3-10H,11H2,1-2H3,(H,18,20)(H,19,21). The molecule has 2 aromatic carbocycles. The minimum atomic E-state index is -0.329. The van der Waals surface area contributed by atoms with Crippen LogP contribution in [0.5, 0.6) is 0 Å². The van der Waals surface area contributed by atoms with Crippen LogP contribution in [0.15, 0.2) is 48.5 Å². The Morgan fingerprint density at radius 2 is 1.38 bits per heavy atom. The Morgan fingerprint density at radius 3 is 2.00 bits per heavy atom. The number of para-hydroxylation sites is 2. The third kappa shape index (κ3) is 4.18. The van der Waals surface area contributed by atoms with Gasteiger partial charge in [0.1, 0.15) is 6.42 Å². The van der Waals surface area contributed by atoms with Gasteiger partial charge >= 0.3 is 0 Å². The van der Waals surface area contributed by atoms with Gasteiger partial charge in [0.15, 0.2) is 0 Å². The van der Waals surface area contributed by atoms with Crippen molar-refractivity contribution in [3.8, 4) is 0 Å². The summed E-state index contributed by atoms with van der Waals surface area (Å²) < 4.78 is 0. The van der Waals surface area contributed by atoms with Crippen LogP contribution in [-0.4, -0.2) is 11.8 Å². The molecular formula is C17H18N2O2. The van der Waals surface area contributed by atoms with E-state index < -0.39 is 0 Å². The highest BCUT2D eigenvalue weighted by molar-refractivity contribution is 6.08. The molecule has 0 bridgehead atoms. The molecule has 0 saturated carbocycles. The molecule has 0 aliphatic carbocycles. The quantitative estimate of drug-likeness (QED) is 0.846. The van der Waals surface area contributed by atoms with E-state index in [1.54, 1.807) is 12.1 Å². The maximum Gasteiger partial charge on any atom is 0.233 e. The van der Waals surface area contributed by atoms with Crippen LogP contribution < -0.4 is 10.6 Å². The number of benzene rings is 2. The molecule has 2 rings (SSSR count). The molecule has 0 heterocycles. The van der Waals surface area contributed by atoms with Crippen LogP contribution >= 0.6 is 0 Å². The van der Waals surface area contributed by atoms with Crippen molar-refractivity contribution in [1.82, 2.24) is 0 Å². The van der Waals surface area contributed by atoms with E-state index in [4.69, 9.17) is 0 Å². The SMILES string of the molecule is Cc1cccc(C)c1NC(=O)CC(=O)Nc1ccccc1. The van der Waals surface area contributed by atoms with E-state index >= 15 is 0 Å². The number of aryl methyl sites for hydroxylation is 2. The summed E-state index contributed by atoms with van der Waals surface area (Å²) in [6, 6.07) is 14.9. The molecule has 0 radical (unpaired) electrons. The Balaban J connectivity index is 1.94.